The van der Waals surface area contributed by atoms with Crippen molar-refractivity contribution in [2.45, 2.75) is 23.5 Å². The van der Waals surface area contributed by atoms with Crippen LogP contribution in [0.25, 0.3) is 5.57 Å². The van der Waals surface area contributed by atoms with Crippen molar-refractivity contribution in [1.82, 2.24) is 20.5 Å². The van der Waals surface area contributed by atoms with Crippen LogP contribution in [0.2, 0.25) is 0 Å². The summed E-state index contributed by atoms with van der Waals surface area (Å²) in [4.78, 5) is 2.96. The zero-order valence-corrected chi connectivity index (χ0v) is 15.4. The number of nitrogens with two attached hydrogens (primary N) is 1. The molecule has 2 aromatic heterocycles. The van der Waals surface area contributed by atoms with Crippen LogP contribution < -0.4 is 11.1 Å². The summed E-state index contributed by atoms with van der Waals surface area (Å²) < 4.78 is 13.5. The van der Waals surface area contributed by atoms with E-state index in [1.807, 2.05) is 31.3 Å². The lowest BCUT2D eigenvalue weighted by Gasteiger charge is -2.47. The molecule has 0 aliphatic carbocycles. The molecule has 3 aromatic rings. The third kappa shape index (κ3) is 3.16. The molecule has 0 bridgehead atoms. The highest BCUT2D eigenvalue weighted by Gasteiger charge is 2.47. The van der Waals surface area contributed by atoms with Gasteiger partial charge in [0.05, 0.1) is 11.9 Å². The molecule has 3 heterocycles. The van der Waals surface area contributed by atoms with Gasteiger partial charge in [-0.05, 0) is 53.5 Å². The predicted molar refractivity (Wildman–Crippen MR) is 103 cm³/mol. The van der Waals surface area contributed by atoms with Crippen LogP contribution in [0.1, 0.15) is 29.5 Å². The monoisotopic (exact) mass is 383 g/mol. The van der Waals surface area contributed by atoms with Crippen molar-refractivity contribution in [2.75, 3.05) is 0 Å². The Labute approximate surface area is 161 Å². The van der Waals surface area contributed by atoms with Crippen molar-refractivity contribution < 1.29 is 4.39 Å². The second-order valence-corrected chi connectivity index (χ2v) is 7.47. The Bertz CT molecular complexity index is 954. The molecule has 4 rings (SSSR count). The maximum absolute atomic E-state index is 13.5. The number of halogens is 2. The van der Waals surface area contributed by atoms with Gasteiger partial charge in [-0.25, -0.2) is 4.39 Å². The van der Waals surface area contributed by atoms with Gasteiger partial charge in [0.15, 0.2) is 0 Å². The summed E-state index contributed by atoms with van der Waals surface area (Å²) >= 11 is 7.14. The first-order chi connectivity index (χ1) is 12.9. The number of H-pyrrole nitrogens is 1. The van der Waals surface area contributed by atoms with E-state index >= 15 is 0 Å². The molecule has 0 amide bonds. The lowest BCUT2D eigenvalue weighted by atomic mass is 9.78. The van der Waals surface area contributed by atoms with Crippen molar-refractivity contribution >= 4 is 17.2 Å². The van der Waals surface area contributed by atoms with Crippen molar-refractivity contribution in [2.24, 2.45) is 5.73 Å². The Hall–Kier alpha value is -2.54. The Kier molecular flexibility index (Phi) is 4.34. The first-order valence-electron chi connectivity index (χ1n) is 8.55. The number of aromatic amines is 1. The van der Waals surface area contributed by atoms with Crippen LogP contribution >= 0.6 is 11.6 Å². The zero-order chi connectivity index (χ0) is 19.1. The molecule has 1 aliphatic rings. The topological polar surface area (TPSA) is 79.6 Å². The maximum atomic E-state index is 13.5. The van der Waals surface area contributed by atoms with E-state index in [4.69, 9.17) is 17.3 Å². The van der Waals surface area contributed by atoms with Gasteiger partial charge in [0, 0.05) is 24.5 Å². The minimum atomic E-state index is -1.13. The lowest BCUT2D eigenvalue weighted by molar-refractivity contribution is 0.284. The van der Waals surface area contributed by atoms with Crippen LogP contribution in [-0.4, -0.2) is 20.8 Å². The van der Waals surface area contributed by atoms with Gasteiger partial charge in [-0.2, -0.15) is 5.10 Å². The maximum Gasteiger partial charge on any atom is 0.146 e. The standard InChI is InChI=1S/C20H19ClFN5/c1-19(23)17(14-11-25-26-12-14)10-18(13-6-8-24-9-7-13)20(21,27-19)15-2-4-16(22)5-3-15/h2-12,17,27H,23H2,1H3,(H,25,26). The minimum Gasteiger partial charge on any atom is -0.313 e. The minimum absolute atomic E-state index is 0.174. The number of nitrogens with zero attached hydrogens (tertiary/aromatic N) is 2. The molecule has 0 saturated carbocycles. The molecule has 7 heteroatoms. The molecule has 1 aliphatic heterocycles. The highest BCUT2D eigenvalue weighted by Crippen LogP contribution is 2.48. The fraction of sp³-hybridized carbons (Fsp3) is 0.200. The summed E-state index contributed by atoms with van der Waals surface area (Å²) in [5.41, 5.74) is 9.14. The summed E-state index contributed by atoms with van der Waals surface area (Å²) in [5, 5.41) is 10.3. The van der Waals surface area contributed by atoms with Gasteiger partial charge in [0.1, 0.15) is 10.8 Å². The molecular weight excluding hydrogens is 365 g/mol. The summed E-state index contributed by atoms with van der Waals surface area (Å²) in [6, 6.07) is 9.89. The molecule has 3 unspecified atom stereocenters. The molecule has 0 radical (unpaired) electrons. The number of rotatable bonds is 3. The SMILES string of the molecule is CC1(N)NC(Cl)(c2ccc(F)cc2)C(c2ccncc2)=CC1c1cn[nH]c1. The molecule has 3 atom stereocenters. The van der Waals surface area contributed by atoms with E-state index in [1.54, 1.807) is 30.7 Å². The lowest BCUT2D eigenvalue weighted by Crippen LogP contribution is -2.63. The average molecular weight is 384 g/mol. The molecule has 1 aromatic carbocycles. The Morgan fingerprint density at radius 2 is 1.85 bits per heavy atom. The quantitative estimate of drug-likeness (QED) is 0.478. The van der Waals surface area contributed by atoms with Crippen molar-refractivity contribution in [3.63, 3.8) is 0 Å². The smallest absolute Gasteiger partial charge is 0.146 e. The largest absolute Gasteiger partial charge is 0.313 e. The normalized spacial score (nSPS) is 28.0. The Morgan fingerprint density at radius 3 is 2.48 bits per heavy atom. The summed E-state index contributed by atoms with van der Waals surface area (Å²) in [6.45, 7) is 1.88. The van der Waals surface area contributed by atoms with Crippen molar-refractivity contribution in [3.05, 3.63) is 89.8 Å². The first kappa shape index (κ1) is 17.9. The molecule has 4 N–H and O–H groups in total. The van der Waals surface area contributed by atoms with Crippen LogP contribution in [-0.2, 0) is 5.00 Å². The summed E-state index contributed by atoms with van der Waals surface area (Å²) in [7, 11) is 0. The van der Waals surface area contributed by atoms with Crippen molar-refractivity contribution in [3.8, 4) is 0 Å². The van der Waals surface area contributed by atoms with E-state index in [0.29, 0.717) is 5.56 Å². The van der Waals surface area contributed by atoms with E-state index in [9.17, 15) is 4.39 Å². The van der Waals surface area contributed by atoms with E-state index in [0.717, 1.165) is 16.7 Å². The second kappa shape index (κ2) is 6.56. The molecule has 138 valence electrons. The van der Waals surface area contributed by atoms with E-state index in [-0.39, 0.29) is 11.7 Å². The predicted octanol–water partition coefficient (Wildman–Crippen LogP) is 3.48. The third-order valence-corrected chi connectivity index (χ3v) is 5.42. The molecule has 27 heavy (non-hydrogen) atoms. The second-order valence-electron chi connectivity index (χ2n) is 6.90. The number of benzene rings is 1. The van der Waals surface area contributed by atoms with Gasteiger partial charge >= 0.3 is 0 Å². The zero-order valence-electron chi connectivity index (χ0n) is 14.7. The summed E-state index contributed by atoms with van der Waals surface area (Å²) in [6.07, 6.45) is 9.03. The van der Waals surface area contributed by atoms with Crippen LogP contribution in [0, 0.1) is 5.82 Å². The van der Waals surface area contributed by atoms with Crippen LogP contribution in [0.15, 0.2) is 67.3 Å². The third-order valence-electron chi connectivity index (χ3n) is 4.90. The van der Waals surface area contributed by atoms with Crippen LogP contribution in [0.4, 0.5) is 4.39 Å². The van der Waals surface area contributed by atoms with E-state index in [1.165, 1.54) is 12.1 Å². The van der Waals surface area contributed by atoms with Gasteiger partial charge in [-0.3, -0.25) is 15.4 Å². The van der Waals surface area contributed by atoms with Crippen molar-refractivity contribution in [1.29, 1.82) is 0 Å². The number of pyridine rings is 1. The fourth-order valence-corrected chi connectivity index (χ4v) is 4.08. The average Bonchev–Trinajstić information content (AvgIpc) is 3.16. The van der Waals surface area contributed by atoms with E-state index in [2.05, 4.69) is 20.5 Å². The number of nitrogens with one attached hydrogen (secondary N) is 2. The first-order valence-corrected chi connectivity index (χ1v) is 8.92. The Balaban J connectivity index is 1.92. The van der Waals surface area contributed by atoms with Gasteiger partial charge in [-0.1, -0.05) is 29.8 Å². The fourth-order valence-electron chi connectivity index (χ4n) is 3.58. The van der Waals surface area contributed by atoms with Gasteiger partial charge in [0.2, 0.25) is 0 Å². The number of hydrogen-bond acceptors (Lipinski definition) is 4. The molecule has 0 spiro atoms. The van der Waals surface area contributed by atoms with E-state index < -0.39 is 10.7 Å². The van der Waals surface area contributed by atoms with Crippen LogP contribution in [0.3, 0.4) is 0 Å². The molecule has 0 fully saturated rings. The molecule has 0 saturated heterocycles. The van der Waals surface area contributed by atoms with Gasteiger partial charge < -0.3 is 5.73 Å². The highest BCUT2D eigenvalue weighted by molar-refractivity contribution is 6.30. The molecular formula is C20H19ClFN5. The highest BCUT2D eigenvalue weighted by atomic mass is 35.5. The number of hydrogen-bond donors (Lipinski definition) is 3. The molecule has 5 nitrogen and oxygen atoms in total. The number of aromatic nitrogens is 3. The van der Waals surface area contributed by atoms with Crippen LogP contribution in [0.5, 0.6) is 0 Å². The van der Waals surface area contributed by atoms with Gasteiger partial charge in [0.25, 0.3) is 0 Å². The summed E-state index contributed by atoms with van der Waals surface area (Å²) in [5.74, 6) is -0.497. The number of alkyl halides is 1. The Morgan fingerprint density at radius 1 is 1.15 bits per heavy atom. The van der Waals surface area contributed by atoms with Gasteiger partial charge in [-0.15, -0.1) is 0 Å².